The minimum absolute atomic E-state index is 0.0336. The maximum atomic E-state index is 12.6. The van der Waals surface area contributed by atoms with Gasteiger partial charge in [-0.25, -0.2) is 13.1 Å². The van der Waals surface area contributed by atoms with Crippen LogP contribution < -0.4 is 14.9 Å². The van der Waals surface area contributed by atoms with Crippen LogP contribution in [0.3, 0.4) is 0 Å². The summed E-state index contributed by atoms with van der Waals surface area (Å²) in [5.41, 5.74) is 1.31. The summed E-state index contributed by atoms with van der Waals surface area (Å²) in [6.45, 7) is 1.49. The molecule has 1 fully saturated rings. The summed E-state index contributed by atoms with van der Waals surface area (Å²) >= 11 is 12.3. The molecule has 28 heavy (non-hydrogen) atoms. The van der Waals surface area contributed by atoms with Crippen LogP contribution in [0.25, 0.3) is 0 Å². The van der Waals surface area contributed by atoms with Crippen molar-refractivity contribution in [1.29, 1.82) is 0 Å². The van der Waals surface area contributed by atoms with Crippen LogP contribution in [0.1, 0.15) is 23.2 Å². The van der Waals surface area contributed by atoms with Crippen LogP contribution in [-0.4, -0.2) is 40.5 Å². The zero-order valence-corrected chi connectivity index (χ0v) is 17.6. The summed E-state index contributed by atoms with van der Waals surface area (Å²) in [7, 11) is -2.18. The fraction of sp³-hybridized carbons (Fsp3) is 0.316. The van der Waals surface area contributed by atoms with Gasteiger partial charge in [-0.2, -0.15) is 0 Å². The lowest BCUT2D eigenvalue weighted by molar-refractivity contribution is 0.0933. The Morgan fingerprint density at radius 1 is 1.14 bits per heavy atom. The molecule has 1 unspecified atom stereocenters. The highest BCUT2D eigenvalue weighted by Crippen LogP contribution is 2.30. The van der Waals surface area contributed by atoms with E-state index in [4.69, 9.17) is 23.2 Å². The quantitative estimate of drug-likeness (QED) is 0.745. The Kier molecular flexibility index (Phi) is 6.50. The summed E-state index contributed by atoms with van der Waals surface area (Å²) in [6, 6.07) is 11.2. The van der Waals surface area contributed by atoms with E-state index in [1.54, 1.807) is 12.1 Å². The van der Waals surface area contributed by atoms with Gasteiger partial charge in [0, 0.05) is 29.7 Å². The van der Waals surface area contributed by atoms with Crippen molar-refractivity contribution in [3.05, 3.63) is 58.1 Å². The van der Waals surface area contributed by atoms with Crippen molar-refractivity contribution in [2.75, 3.05) is 25.0 Å². The third-order valence-corrected chi connectivity index (χ3v) is 6.67. The number of carbonyl (C=O) groups is 1. The molecule has 0 saturated carbocycles. The van der Waals surface area contributed by atoms with E-state index < -0.39 is 10.0 Å². The van der Waals surface area contributed by atoms with Crippen molar-refractivity contribution < 1.29 is 13.2 Å². The second kappa shape index (κ2) is 8.69. The topological polar surface area (TPSA) is 78.5 Å². The van der Waals surface area contributed by atoms with Crippen LogP contribution in [0, 0.1) is 0 Å². The molecule has 0 bridgehead atoms. The van der Waals surface area contributed by atoms with Gasteiger partial charge < -0.3 is 10.2 Å². The summed E-state index contributed by atoms with van der Waals surface area (Å²) < 4.78 is 25.8. The molecule has 2 N–H and O–H groups in total. The van der Waals surface area contributed by atoms with E-state index in [0.717, 1.165) is 25.1 Å². The Morgan fingerprint density at radius 3 is 2.50 bits per heavy atom. The first-order valence-corrected chi connectivity index (χ1v) is 11.1. The van der Waals surface area contributed by atoms with Gasteiger partial charge in [0.15, 0.2) is 0 Å². The van der Waals surface area contributed by atoms with Crippen molar-refractivity contribution in [3.63, 3.8) is 0 Å². The second-order valence-corrected chi connectivity index (χ2v) is 9.32. The summed E-state index contributed by atoms with van der Waals surface area (Å²) in [5.74, 6) is -0.234. The molecule has 9 heteroatoms. The molecule has 150 valence electrons. The lowest BCUT2D eigenvalue weighted by Gasteiger charge is -2.35. The standard InChI is InChI=1S/C19H21Cl2N3O3S/c1-22-28(26,27)16-7-4-13(5-8-16)19(25)23-15-3-2-10-24(12-15)18-9-6-14(20)11-17(18)21/h4-9,11,15,22H,2-3,10,12H2,1H3,(H,23,25). The predicted molar refractivity (Wildman–Crippen MR) is 112 cm³/mol. The third-order valence-electron chi connectivity index (χ3n) is 4.70. The number of sulfonamides is 1. The third kappa shape index (κ3) is 4.78. The van der Waals surface area contributed by atoms with Crippen molar-refractivity contribution in [3.8, 4) is 0 Å². The zero-order valence-electron chi connectivity index (χ0n) is 15.3. The highest BCUT2D eigenvalue weighted by molar-refractivity contribution is 7.89. The van der Waals surface area contributed by atoms with E-state index >= 15 is 0 Å². The van der Waals surface area contributed by atoms with Gasteiger partial charge in [0.1, 0.15) is 0 Å². The largest absolute Gasteiger partial charge is 0.368 e. The Balaban J connectivity index is 1.67. The Bertz CT molecular complexity index is 965. The number of benzene rings is 2. The first kappa shape index (κ1) is 20.9. The molecule has 0 spiro atoms. The lowest BCUT2D eigenvalue weighted by Crippen LogP contribution is -2.47. The number of hydrogen-bond acceptors (Lipinski definition) is 4. The molecule has 1 atom stereocenters. The number of hydrogen-bond donors (Lipinski definition) is 2. The van der Waals surface area contributed by atoms with E-state index in [2.05, 4.69) is 14.9 Å². The van der Waals surface area contributed by atoms with Crippen molar-refractivity contribution in [2.24, 2.45) is 0 Å². The molecule has 1 aliphatic rings. The molecule has 0 aliphatic carbocycles. The summed E-state index contributed by atoms with van der Waals surface area (Å²) in [4.78, 5) is 14.8. The Labute approximate surface area is 174 Å². The average Bonchev–Trinajstić information content (AvgIpc) is 2.68. The van der Waals surface area contributed by atoms with Crippen LogP contribution in [0.4, 0.5) is 5.69 Å². The van der Waals surface area contributed by atoms with Crippen LogP contribution in [-0.2, 0) is 10.0 Å². The second-order valence-electron chi connectivity index (χ2n) is 6.59. The molecule has 3 rings (SSSR count). The number of piperidine rings is 1. The van der Waals surface area contributed by atoms with E-state index in [-0.39, 0.29) is 16.8 Å². The number of amides is 1. The number of nitrogens with one attached hydrogen (secondary N) is 2. The van der Waals surface area contributed by atoms with E-state index in [1.807, 2.05) is 6.07 Å². The molecule has 1 saturated heterocycles. The first-order valence-electron chi connectivity index (χ1n) is 8.84. The summed E-state index contributed by atoms with van der Waals surface area (Å²) in [5, 5.41) is 4.19. The van der Waals surface area contributed by atoms with Gasteiger partial charge in [-0.15, -0.1) is 0 Å². The highest BCUT2D eigenvalue weighted by Gasteiger charge is 2.23. The van der Waals surface area contributed by atoms with Gasteiger partial charge in [-0.3, -0.25) is 4.79 Å². The number of anilines is 1. The van der Waals surface area contributed by atoms with E-state index in [9.17, 15) is 13.2 Å². The Morgan fingerprint density at radius 2 is 1.86 bits per heavy atom. The van der Waals surface area contributed by atoms with Crippen LogP contribution in [0.15, 0.2) is 47.4 Å². The normalized spacial score (nSPS) is 17.4. The minimum Gasteiger partial charge on any atom is -0.368 e. The molecule has 0 aromatic heterocycles. The molecule has 2 aromatic carbocycles. The highest BCUT2D eigenvalue weighted by atomic mass is 35.5. The van der Waals surface area contributed by atoms with Gasteiger partial charge in [-0.1, -0.05) is 23.2 Å². The van der Waals surface area contributed by atoms with E-state index in [0.29, 0.717) is 22.2 Å². The predicted octanol–water partition coefficient (Wildman–Crippen LogP) is 3.30. The SMILES string of the molecule is CNS(=O)(=O)c1ccc(C(=O)NC2CCCN(c3ccc(Cl)cc3Cl)C2)cc1. The summed E-state index contributed by atoms with van der Waals surface area (Å²) in [6.07, 6.45) is 1.78. The monoisotopic (exact) mass is 441 g/mol. The zero-order chi connectivity index (χ0) is 20.3. The van der Waals surface area contributed by atoms with Crippen LogP contribution in [0.5, 0.6) is 0 Å². The number of rotatable bonds is 5. The maximum Gasteiger partial charge on any atom is 0.251 e. The number of carbonyl (C=O) groups excluding carboxylic acids is 1. The molecular weight excluding hydrogens is 421 g/mol. The molecular formula is C19H21Cl2N3O3S. The minimum atomic E-state index is -3.52. The number of nitrogens with zero attached hydrogens (tertiary/aromatic N) is 1. The van der Waals surface area contributed by atoms with Crippen LogP contribution >= 0.6 is 23.2 Å². The molecule has 6 nitrogen and oxygen atoms in total. The number of halogens is 2. The smallest absolute Gasteiger partial charge is 0.251 e. The Hall–Kier alpha value is -1.80. The van der Waals surface area contributed by atoms with Crippen molar-refractivity contribution in [1.82, 2.24) is 10.0 Å². The van der Waals surface area contributed by atoms with Gasteiger partial charge in [-0.05, 0) is 62.4 Å². The molecule has 1 heterocycles. The average molecular weight is 442 g/mol. The van der Waals surface area contributed by atoms with Gasteiger partial charge in [0.25, 0.3) is 5.91 Å². The van der Waals surface area contributed by atoms with Gasteiger partial charge in [0.05, 0.1) is 15.6 Å². The molecule has 0 radical (unpaired) electrons. The maximum absolute atomic E-state index is 12.6. The fourth-order valence-electron chi connectivity index (χ4n) is 3.22. The molecule has 2 aromatic rings. The van der Waals surface area contributed by atoms with Crippen molar-refractivity contribution in [2.45, 2.75) is 23.8 Å². The first-order chi connectivity index (χ1) is 13.3. The van der Waals surface area contributed by atoms with Gasteiger partial charge in [0.2, 0.25) is 10.0 Å². The van der Waals surface area contributed by atoms with Crippen molar-refractivity contribution >= 4 is 44.8 Å². The molecule has 1 aliphatic heterocycles. The van der Waals surface area contributed by atoms with Gasteiger partial charge >= 0.3 is 0 Å². The van der Waals surface area contributed by atoms with Crippen LogP contribution in [0.2, 0.25) is 10.0 Å². The lowest BCUT2D eigenvalue weighted by atomic mass is 10.0. The fourth-order valence-corrected chi connectivity index (χ4v) is 4.48. The van der Waals surface area contributed by atoms with E-state index in [1.165, 1.54) is 31.3 Å². The molecule has 1 amide bonds.